The third-order valence-corrected chi connectivity index (χ3v) is 1.70. The molecule has 0 saturated carbocycles. The van der Waals surface area contributed by atoms with Crippen molar-refractivity contribution in [1.29, 1.82) is 0 Å². The van der Waals surface area contributed by atoms with E-state index in [4.69, 9.17) is 23.2 Å². The zero-order chi connectivity index (χ0) is 8.85. The summed E-state index contributed by atoms with van der Waals surface area (Å²) in [6.45, 7) is 4.00. The second-order valence-corrected chi connectivity index (χ2v) is 2.32. The maximum atomic E-state index is 12.4. The highest BCUT2D eigenvalue weighted by Gasteiger charge is 2.00. The van der Waals surface area contributed by atoms with Gasteiger partial charge in [-0.15, -0.1) is 0 Å². The van der Waals surface area contributed by atoms with Crippen LogP contribution in [0.15, 0.2) is 18.2 Å². The number of halogens is 3. The molecule has 0 heterocycles. The molecule has 3 heteroatoms. The molecule has 1 aromatic carbocycles. The van der Waals surface area contributed by atoms with Crippen LogP contribution in [0.4, 0.5) is 4.39 Å². The minimum absolute atomic E-state index is 0.0147. The lowest BCUT2D eigenvalue weighted by Crippen LogP contribution is -1.74. The first-order valence-corrected chi connectivity index (χ1v) is 4.07. The van der Waals surface area contributed by atoms with Crippen molar-refractivity contribution in [3.63, 3.8) is 0 Å². The van der Waals surface area contributed by atoms with Crippen LogP contribution in [0.3, 0.4) is 0 Å². The third kappa shape index (κ3) is 3.08. The molecule has 0 aliphatic carbocycles. The summed E-state index contributed by atoms with van der Waals surface area (Å²) in [6.07, 6.45) is 0. The molecule has 0 aliphatic rings. The van der Waals surface area contributed by atoms with Crippen LogP contribution in [0, 0.1) is 5.82 Å². The molecule has 0 amide bonds. The molecular weight excluding hydrogens is 186 g/mol. The van der Waals surface area contributed by atoms with E-state index in [0.29, 0.717) is 0 Å². The Hall–Kier alpha value is -0.270. The Kier molecular flexibility index (Phi) is 5.26. The predicted octanol–water partition coefficient (Wildman–Crippen LogP) is 4.16. The van der Waals surface area contributed by atoms with E-state index >= 15 is 0 Å². The molecule has 0 spiro atoms. The van der Waals surface area contributed by atoms with E-state index < -0.39 is 5.82 Å². The minimum atomic E-state index is -0.482. The van der Waals surface area contributed by atoms with Crippen molar-refractivity contribution in [2.24, 2.45) is 0 Å². The number of hydrogen-bond acceptors (Lipinski definition) is 0. The number of benzene rings is 1. The lowest BCUT2D eigenvalue weighted by molar-refractivity contribution is 0.628. The summed E-state index contributed by atoms with van der Waals surface area (Å²) in [4.78, 5) is 0. The molecule has 11 heavy (non-hydrogen) atoms. The third-order valence-electron chi connectivity index (χ3n) is 0.904. The van der Waals surface area contributed by atoms with Crippen molar-refractivity contribution in [2.75, 3.05) is 0 Å². The number of hydrogen-bond donors (Lipinski definition) is 0. The van der Waals surface area contributed by atoms with Crippen molar-refractivity contribution >= 4 is 23.2 Å². The Labute approximate surface area is 75.9 Å². The van der Waals surface area contributed by atoms with Crippen LogP contribution >= 0.6 is 23.2 Å². The van der Waals surface area contributed by atoms with Crippen LogP contribution in [0.5, 0.6) is 0 Å². The van der Waals surface area contributed by atoms with Crippen LogP contribution in [0.25, 0.3) is 0 Å². The highest BCUT2D eigenvalue weighted by Crippen LogP contribution is 2.23. The van der Waals surface area contributed by atoms with Crippen LogP contribution in [0.1, 0.15) is 13.8 Å². The van der Waals surface area contributed by atoms with E-state index in [1.165, 1.54) is 18.2 Å². The van der Waals surface area contributed by atoms with Crippen molar-refractivity contribution < 1.29 is 4.39 Å². The Morgan fingerprint density at radius 2 is 1.73 bits per heavy atom. The van der Waals surface area contributed by atoms with Gasteiger partial charge in [-0.3, -0.25) is 0 Å². The van der Waals surface area contributed by atoms with E-state index in [0.717, 1.165) is 0 Å². The van der Waals surface area contributed by atoms with Gasteiger partial charge in [0.15, 0.2) is 0 Å². The highest BCUT2D eigenvalue weighted by molar-refractivity contribution is 6.42. The first-order chi connectivity index (χ1) is 5.22. The molecule has 0 aliphatic heterocycles. The maximum absolute atomic E-state index is 12.4. The fourth-order valence-corrected chi connectivity index (χ4v) is 0.766. The molecular formula is C8H9Cl2F. The van der Waals surface area contributed by atoms with Crippen molar-refractivity contribution in [3.8, 4) is 0 Å². The van der Waals surface area contributed by atoms with Gasteiger partial charge in [0.1, 0.15) is 5.82 Å². The molecule has 0 N–H and O–H groups in total. The summed E-state index contributed by atoms with van der Waals surface area (Å²) in [7, 11) is 0. The van der Waals surface area contributed by atoms with Crippen LogP contribution in [0.2, 0.25) is 10.0 Å². The molecule has 0 radical (unpaired) electrons. The van der Waals surface area contributed by atoms with Gasteiger partial charge in [-0.2, -0.15) is 0 Å². The van der Waals surface area contributed by atoms with Gasteiger partial charge in [0.2, 0.25) is 0 Å². The molecule has 0 nitrogen and oxygen atoms in total. The van der Waals surface area contributed by atoms with Gasteiger partial charge in [0.25, 0.3) is 0 Å². The van der Waals surface area contributed by atoms with Gasteiger partial charge in [-0.1, -0.05) is 43.1 Å². The average Bonchev–Trinajstić information content (AvgIpc) is 2.04. The summed E-state index contributed by atoms with van der Waals surface area (Å²) in [6, 6.07) is 4.30. The van der Waals surface area contributed by atoms with Crippen molar-refractivity contribution in [3.05, 3.63) is 34.1 Å². The Bertz CT molecular complexity index is 203. The topological polar surface area (TPSA) is 0 Å². The van der Waals surface area contributed by atoms with Crippen LogP contribution < -0.4 is 0 Å². The monoisotopic (exact) mass is 194 g/mol. The molecule has 0 aromatic heterocycles. The molecule has 1 aromatic rings. The predicted molar refractivity (Wildman–Crippen MR) is 47.8 cm³/mol. The van der Waals surface area contributed by atoms with Gasteiger partial charge in [-0.05, 0) is 12.1 Å². The first-order valence-electron chi connectivity index (χ1n) is 3.31. The lowest BCUT2D eigenvalue weighted by atomic mass is 10.3. The van der Waals surface area contributed by atoms with Crippen molar-refractivity contribution in [2.45, 2.75) is 13.8 Å². The summed E-state index contributed by atoms with van der Waals surface area (Å²) in [5.74, 6) is -0.482. The molecule has 1 rings (SSSR count). The largest absolute Gasteiger partial charge is 0.205 e. The molecule has 0 fully saturated rings. The SMILES string of the molecule is CC.Fc1cccc(Cl)c1Cl. The maximum Gasteiger partial charge on any atom is 0.143 e. The smallest absolute Gasteiger partial charge is 0.143 e. The fraction of sp³-hybridized carbons (Fsp3) is 0.250. The minimum Gasteiger partial charge on any atom is -0.205 e. The molecule has 0 saturated heterocycles. The summed E-state index contributed by atoms with van der Waals surface area (Å²) >= 11 is 10.8. The van der Waals surface area contributed by atoms with Gasteiger partial charge >= 0.3 is 0 Å². The molecule has 0 bridgehead atoms. The van der Waals surface area contributed by atoms with E-state index in [-0.39, 0.29) is 10.0 Å². The normalized spacial score (nSPS) is 8.45. The fourth-order valence-electron chi connectivity index (χ4n) is 0.477. The Balaban J connectivity index is 0.000000461. The quantitative estimate of drug-likeness (QED) is 0.545. The standard InChI is InChI=1S/C6H3Cl2F.C2H6/c7-4-2-1-3-5(9)6(4)8;1-2/h1-3H;1-2H3. The van der Waals surface area contributed by atoms with Crippen molar-refractivity contribution in [1.82, 2.24) is 0 Å². The second-order valence-electron chi connectivity index (χ2n) is 1.54. The van der Waals surface area contributed by atoms with E-state index in [1.54, 1.807) is 0 Å². The van der Waals surface area contributed by atoms with Gasteiger partial charge in [0.05, 0.1) is 10.0 Å². The highest BCUT2D eigenvalue weighted by atomic mass is 35.5. The Morgan fingerprint density at radius 1 is 1.18 bits per heavy atom. The molecule has 0 atom stereocenters. The zero-order valence-electron chi connectivity index (χ0n) is 6.37. The van der Waals surface area contributed by atoms with E-state index in [2.05, 4.69) is 0 Å². The van der Waals surface area contributed by atoms with Crippen LogP contribution in [-0.4, -0.2) is 0 Å². The Morgan fingerprint density at radius 3 is 2.09 bits per heavy atom. The second kappa shape index (κ2) is 5.39. The average molecular weight is 195 g/mol. The summed E-state index contributed by atoms with van der Waals surface area (Å²) < 4.78 is 12.4. The van der Waals surface area contributed by atoms with Gasteiger partial charge in [-0.25, -0.2) is 4.39 Å². The summed E-state index contributed by atoms with van der Waals surface area (Å²) in [5, 5.41) is 0.232. The molecule has 62 valence electrons. The van der Waals surface area contributed by atoms with E-state index in [9.17, 15) is 4.39 Å². The molecule has 0 unspecified atom stereocenters. The van der Waals surface area contributed by atoms with Crippen LogP contribution in [-0.2, 0) is 0 Å². The summed E-state index contributed by atoms with van der Waals surface area (Å²) in [5.41, 5.74) is 0. The van der Waals surface area contributed by atoms with E-state index in [1.807, 2.05) is 13.8 Å². The zero-order valence-corrected chi connectivity index (χ0v) is 7.88. The van der Waals surface area contributed by atoms with Gasteiger partial charge in [0, 0.05) is 0 Å². The lowest BCUT2D eigenvalue weighted by Gasteiger charge is -1.92. The van der Waals surface area contributed by atoms with Gasteiger partial charge < -0.3 is 0 Å². The number of rotatable bonds is 0. The first kappa shape index (κ1) is 10.7.